The molecule has 0 heterocycles. The first kappa shape index (κ1) is 13.6. The smallest absolute Gasteiger partial charge is 0.0468 e. The van der Waals surface area contributed by atoms with Gasteiger partial charge in [0.2, 0.25) is 0 Å². The molecule has 0 saturated carbocycles. The highest BCUT2D eigenvalue weighted by Gasteiger charge is 2.11. The third-order valence-corrected chi connectivity index (χ3v) is 3.05. The van der Waals surface area contributed by atoms with Gasteiger partial charge in [-0.05, 0) is 38.0 Å². The Hall–Kier alpha value is -0.500. The van der Waals surface area contributed by atoms with E-state index in [1.54, 1.807) is 6.07 Å². The van der Waals surface area contributed by atoms with Gasteiger partial charge in [-0.25, -0.2) is 0 Å². The van der Waals surface area contributed by atoms with Crippen molar-refractivity contribution in [3.8, 4) is 0 Å². The van der Waals surface area contributed by atoms with E-state index in [1.165, 1.54) is 0 Å². The standard InChI is InChI=1S/C13H17Cl2N/c1-4-5-9(2)16-10(3)12-7-6-11(14)8-13(12)15/h4,6-10,16H,1,5H2,2-3H3. The maximum Gasteiger partial charge on any atom is 0.0468 e. The number of nitrogens with one attached hydrogen (secondary N) is 1. The van der Waals surface area contributed by atoms with Gasteiger partial charge in [0.1, 0.15) is 0 Å². The molecule has 1 aromatic carbocycles. The van der Waals surface area contributed by atoms with Crippen LogP contribution >= 0.6 is 23.2 Å². The topological polar surface area (TPSA) is 12.0 Å². The third kappa shape index (κ3) is 3.82. The molecule has 0 aliphatic carbocycles. The number of hydrogen-bond acceptors (Lipinski definition) is 1. The van der Waals surface area contributed by atoms with Crippen LogP contribution in [0, 0.1) is 0 Å². The zero-order valence-electron chi connectivity index (χ0n) is 9.63. The Kier molecular flexibility index (Phi) is 5.33. The van der Waals surface area contributed by atoms with Crippen molar-refractivity contribution in [3.63, 3.8) is 0 Å². The number of halogens is 2. The highest BCUT2D eigenvalue weighted by molar-refractivity contribution is 6.35. The summed E-state index contributed by atoms with van der Waals surface area (Å²) in [5.74, 6) is 0. The van der Waals surface area contributed by atoms with Crippen LogP contribution < -0.4 is 5.32 Å². The third-order valence-electron chi connectivity index (χ3n) is 2.48. The molecule has 0 aromatic heterocycles. The van der Waals surface area contributed by atoms with Crippen molar-refractivity contribution in [3.05, 3.63) is 46.5 Å². The summed E-state index contributed by atoms with van der Waals surface area (Å²) in [6, 6.07) is 6.19. The Morgan fingerprint density at radius 3 is 2.62 bits per heavy atom. The first-order valence-electron chi connectivity index (χ1n) is 5.36. The van der Waals surface area contributed by atoms with Gasteiger partial charge in [0.25, 0.3) is 0 Å². The van der Waals surface area contributed by atoms with Crippen LogP contribution in [-0.2, 0) is 0 Å². The fourth-order valence-corrected chi connectivity index (χ4v) is 2.26. The summed E-state index contributed by atoms with van der Waals surface area (Å²) in [6.45, 7) is 7.95. The molecule has 2 atom stereocenters. The summed E-state index contributed by atoms with van der Waals surface area (Å²) in [6.07, 6.45) is 2.85. The van der Waals surface area contributed by atoms with Crippen LogP contribution in [0.3, 0.4) is 0 Å². The number of rotatable bonds is 5. The molecule has 16 heavy (non-hydrogen) atoms. The van der Waals surface area contributed by atoms with Gasteiger partial charge in [-0.3, -0.25) is 0 Å². The second-order valence-corrected chi connectivity index (χ2v) is 4.82. The minimum Gasteiger partial charge on any atom is -0.307 e. The number of benzene rings is 1. The second-order valence-electron chi connectivity index (χ2n) is 3.98. The van der Waals surface area contributed by atoms with Gasteiger partial charge in [0.05, 0.1) is 0 Å². The average Bonchev–Trinajstić information content (AvgIpc) is 2.17. The average molecular weight is 258 g/mol. The minimum atomic E-state index is 0.208. The second kappa shape index (κ2) is 6.29. The van der Waals surface area contributed by atoms with Crippen LogP contribution in [0.15, 0.2) is 30.9 Å². The van der Waals surface area contributed by atoms with E-state index in [9.17, 15) is 0 Å². The molecule has 0 aliphatic heterocycles. The van der Waals surface area contributed by atoms with Gasteiger partial charge in [0.15, 0.2) is 0 Å². The Morgan fingerprint density at radius 1 is 1.38 bits per heavy atom. The highest BCUT2D eigenvalue weighted by atomic mass is 35.5. The molecule has 0 radical (unpaired) electrons. The van der Waals surface area contributed by atoms with Crippen LogP contribution in [0.1, 0.15) is 31.9 Å². The molecule has 1 aromatic rings. The van der Waals surface area contributed by atoms with Gasteiger partial charge < -0.3 is 5.32 Å². The summed E-state index contributed by atoms with van der Waals surface area (Å²) < 4.78 is 0. The van der Waals surface area contributed by atoms with Crippen LogP contribution in [-0.4, -0.2) is 6.04 Å². The fourth-order valence-electron chi connectivity index (χ4n) is 1.69. The predicted molar refractivity (Wildman–Crippen MR) is 72.3 cm³/mol. The van der Waals surface area contributed by atoms with E-state index >= 15 is 0 Å². The largest absolute Gasteiger partial charge is 0.307 e. The maximum atomic E-state index is 6.14. The van der Waals surface area contributed by atoms with Crippen LogP contribution in [0.4, 0.5) is 0 Å². The van der Waals surface area contributed by atoms with Crippen molar-refractivity contribution >= 4 is 23.2 Å². The highest BCUT2D eigenvalue weighted by Crippen LogP contribution is 2.26. The Bertz CT molecular complexity index is 363. The lowest BCUT2D eigenvalue weighted by Gasteiger charge is -2.20. The normalized spacial score (nSPS) is 14.5. The van der Waals surface area contributed by atoms with Gasteiger partial charge in [0, 0.05) is 22.1 Å². The zero-order chi connectivity index (χ0) is 12.1. The molecule has 0 amide bonds. The summed E-state index contributed by atoms with van der Waals surface area (Å²) in [7, 11) is 0. The molecular formula is C13H17Cl2N. The van der Waals surface area contributed by atoms with Crippen LogP contribution in [0.5, 0.6) is 0 Å². The Balaban J connectivity index is 2.72. The molecule has 3 heteroatoms. The lowest BCUT2D eigenvalue weighted by Crippen LogP contribution is -2.28. The van der Waals surface area contributed by atoms with Crippen molar-refractivity contribution in [1.82, 2.24) is 5.32 Å². The van der Waals surface area contributed by atoms with Gasteiger partial charge >= 0.3 is 0 Å². The maximum absolute atomic E-state index is 6.14. The molecule has 1 rings (SSSR count). The van der Waals surface area contributed by atoms with Gasteiger partial charge in [-0.1, -0.05) is 35.3 Å². The van der Waals surface area contributed by atoms with Crippen LogP contribution in [0.2, 0.25) is 10.0 Å². The lowest BCUT2D eigenvalue weighted by atomic mass is 10.1. The van der Waals surface area contributed by atoms with E-state index in [2.05, 4.69) is 25.7 Å². The molecule has 0 fully saturated rings. The van der Waals surface area contributed by atoms with E-state index in [0.29, 0.717) is 16.1 Å². The molecular weight excluding hydrogens is 241 g/mol. The fraction of sp³-hybridized carbons (Fsp3) is 0.385. The summed E-state index contributed by atoms with van der Waals surface area (Å²) in [5.41, 5.74) is 1.07. The molecule has 2 unspecified atom stereocenters. The lowest BCUT2D eigenvalue weighted by molar-refractivity contribution is 0.483. The predicted octanol–water partition coefficient (Wildman–Crippen LogP) is 4.61. The van der Waals surface area contributed by atoms with Crippen molar-refractivity contribution in [2.45, 2.75) is 32.4 Å². The first-order chi connectivity index (χ1) is 7.54. The Labute approximate surface area is 107 Å². The van der Waals surface area contributed by atoms with E-state index in [0.717, 1.165) is 12.0 Å². The monoisotopic (exact) mass is 257 g/mol. The van der Waals surface area contributed by atoms with E-state index in [4.69, 9.17) is 23.2 Å². The van der Waals surface area contributed by atoms with E-state index in [-0.39, 0.29) is 6.04 Å². The molecule has 88 valence electrons. The van der Waals surface area contributed by atoms with Crippen molar-refractivity contribution in [1.29, 1.82) is 0 Å². The zero-order valence-corrected chi connectivity index (χ0v) is 11.1. The quantitative estimate of drug-likeness (QED) is 0.760. The molecule has 1 N–H and O–H groups in total. The van der Waals surface area contributed by atoms with Crippen molar-refractivity contribution < 1.29 is 0 Å². The summed E-state index contributed by atoms with van der Waals surface area (Å²) in [5, 5.41) is 4.83. The molecule has 1 nitrogen and oxygen atoms in total. The van der Waals surface area contributed by atoms with E-state index in [1.807, 2.05) is 18.2 Å². The minimum absolute atomic E-state index is 0.208. The Morgan fingerprint density at radius 2 is 2.06 bits per heavy atom. The van der Waals surface area contributed by atoms with Gasteiger partial charge in [-0.15, -0.1) is 6.58 Å². The van der Waals surface area contributed by atoms with E-state index < -0.39 is 0 Å². The molecule has 0 saturated heterocycles. The van der Waals surface area contributed by atoms with Crippen molar-refractivity contribution in [2.75, 3.05) is 0 Å². The van der Waals surface area contributed by atoms with Gasteiger partial charge in [-0.2, -0.15) is 0 Å². The SMILES string of the molecule is C=CCC(C)NC(C)c1ccc(Cl)cc1Cl. The molecule has 0 aliphatic rings. The van der Waals surface area contributed by atoms with Crippen molar-refractivity contribution in [2.24, 2.45) is 0 Å². The number of hydrogen-bond donors (Lipinski definition) is 1. The molecule has 0 spiro atoms. The summed E-state index contributed by atoms with van der Waals surface area (Å²) in [4.78, 5) is 0. The molecule has 0 bridgehead atoms. The summed E-state index contributed by atoms with van der Waals surface area (Å²) >= 11 is 12.0. The van der Waals surface area contributed by atoms with Crippen LogP contribution in [0.25, 0.3) is 0 Å². The first-order valence-corrected chi connectivity index (χ1v) is 6.12.